The van der Waals surface area contributed by atoms with Gasteiger partial charge in [0.05, 0.1) is 5.69 Å². The lowest BCUT2D eigenvalue weighted by Gasteiger charge is -2.20. The van der Waals surface area contributed by atoms with E-state index in [1.165, 1.54) is 0 Å². The number of benzene rings is 2. The molecule has 4 nitrogen and oxygen atoms in total. The Morgan fingerprint density at radius 3 is 2.43 bits per heavy atom. The number of nitrogens with zero attached hydrogens (tertiary/aromatic N) is 3. The van der Waals surface area contributed by atoms with E-state index < -0.39 is 0 Å². The molecule has 0 bridgehead atoms. The van der Waals surface area contributed by atoms with Gasteiger partial charge in [-0.2, -0.15) is 4.80 Å². The van der Waals surface area contributed by atoms with Crippen molar-refractivity contribution >= 4 is 22.6 Å². The zero-order chi connectivity index (χ0) is 15.2. The predicted molar refractivity (Wildman–Crippen MR) is 84.2 cm³/mol. The van der Waals surface area contributed by atoms with E-state index in [2.05, 4.69) is 31.0 Å². The van der Waals surface area contributed by atoms with Crippen LogP contribution in [0, 0.1) is 0 Å². The van der Waals surface area contributed by atoms with Crippen LogP contribution >= 0.6 is 11.6 Å². The molecular weight excluding hydrogens is 286 g/mol. The van der Waals surface area contributed by atoms with Crippen LogP contribution in [0.4, 0.5) is 0 Å². The number of hydrogen-bond donors (Lipinski definition) is 1. The number of phenols is 1. The maximum atomic E-state index is 10.0. The van der Waals surface area contributed by atoms with Crippen molar-refractivity contribution < 1.29 is 5.11 Å². The summed E-state index contributed by atoms with van der Waals surface area (Å²) in [7, 11) is 0. The lowest BCUT2D eigenvalue weighted by Crippen LogP contribution is -2.12. The first-order valence-corrected chi connectivity index (χ1v) is 7.09. The summed E-state index contributed by atoms with van der Waals surface area (Å²) >= 11 is 5.97. The number of hydrogen-bond acceptors (Lipinski definition) is 3. The van der Waals surface area contributed by atoms with Crippen LogP contribution in [0.1, 0.15) is 26.3 Å². The zero-order valence-corrected chi connectivity index (χ0v) is 12.9. The lowest BCUT2D eigenvalue weighted by molar-refractivity contribution is 0.446. The van der Waals surface area contributed by atoms with E-state index >= 15 is 0 Å². The Morgan fingerprint density at radius 1 is 1.00 bits per heavy atom. The molecular formula is C16H16ClN3O. The van der Waals surface area contributed by atoms with Crippen LogP contribution in [-0.2, 0) is 5.41 Å². The molecule has 0 aliphatic rings. The summed E-state index contributed by atoms with van der Waals surface area (Å²) in [6.45, 7) is 6.16. The molecule has 0 spiro atoms. The van der Waals surface area contributed by atoms with Gasteiger partial charge in [-0.05, 0) is 41.8 Å². The fourth-order valence-electron chi connectivity index (χ4n) is 2.25. The molecule has 0 amide bonds. The molecule has 1 heterocycles. The summed E-state index contributed by atoms with van der Waals surface area (Å²) in [6, 6.07) is 10.8. The Kier molecular flexibility index (Phi) is 3.14. The minimum atomic E-state index is -0.157. The van der Waals surface area contributed by atoms with Gasteiger partial charge in [-0.25, -0.2) is 0 Å². The van der Waals surface area contributed by atoms with Crippen molar-refractivity contribution in [3.05, 3.63) is 47.0 Å². The molecule has 0 radical (unpaired) electrons. The molecule has 0 unspecified atom stereocenters. The molecule has 2 aromatic carbocycles. The monoisotopic (exact) mass is 301 g/mol. The molecule has 0 fully saturated rings. The maximum Gasteiger partial charge on any atom is 0.119 e. The van der Waals surface area contributed by atoms with Crippen LogP contribution in [0.5, 0.6) is 5.75 Å². The third-order valence-corrected chi connectivity index (χ3v) is 3.60. The first-order valence-electron chi connectivity index (χ1n) is 6.71. The van der Waals surface area contributed by atoms with Crippen molar-refractivity contribution in [3.8, 4) is 11.4 Å². The van der Waals surface area contributed by atoms with E-state index in [9.17, 15) is 5.11 Å². The molecule has 0 atom stereocenters. The summed E-state index contributed by atoms with van der Waals surface area (Å²) < 4.78 is 0. The van der Waals surface area contributed by atoms with Gasteiger partial charge < -0.3 is 5.11 Å². The first kappa shape index (κ1) is 13.9. The van der Waals surface area contributed by atoms with Crippen LogP contribution in [-0.4, -0.2) is 20.1 Å². The van der Waals surface area contributed by atoms with E-state index in [0.29, 0.717) is 5.02 Å². The van der Waals surface area contributed by atoms with E-state index in [4.69, 9.17) is 11.6 Å². The zero-order valence-electron chi connectivity index (χ0n) is 12.1. The third-order valence-electron chi connectivity index (χ3n) is 3.36. The molecule has 1 aromatic heterocycles. The van der Waals surface area contributed by atoms with Gasteiger partial charge in [0.25, 0.3) is 0 Å². The topological polar surface area (TPSA) is 50.9 Å². The van der Waals surface area contributed by atoms with Crippen LogP contribution in [0.15, 0.2) is 36.4 Å². The van der Waals surface area contributed by atoms with Crippen molar-refractivity contribution in [2.24, 2.45) is 0 Å². The summed E-state index contributed by atoms with van der Waals surface area (Å²) in [5.74, 6) is 0.283. The molecule has 0 saturated heterocycles. The number of rotatable bonds is 1. The number of aromatic hydroxyl groups is 1. The van der Waals surface area contributed by atoms with E-state index in [-0.39, 0.29) is 11.2 Å². The lowest BCUT2D eigenvalue weighted by atomic mass is 9.86. The molecule has 3 aromatic rings. The Balaban J connectivity index is 2.14. The highest BCUT2D eigenvalue weighted by atomic mass is 35.5. The average Bonchev–Trinajstić information content (AvgIpc) is 2.80. The third kappa shape index (κ3) is 2.59. The summed E-state index contributed by atoms with van der Waals surface area (Å²) in [5.41, 5.74) is 3.04. The molecule has 0 aliphatic heterocycles. The fourth-order valence-corrected chi connectivity index (χ4v) is 2.42. The Hall–Kier alpha value is -2.07. The molecule has 0 aliphatic carbocycles. The van der Waals surface area contributed by atoms with Gasteiger partial charge >= 0.3 is 0 Å². The molecule has 3 rings (SSSR count). The Morgan fingerprint density at radius 2 is 1.71 bits per heavy atom. The van der Waals surface area contributed by atoms with Crippen LogP contribution in [0.3, 0.4) is 0 Å². The van der Waals surface area contributed by atoms with Gasteiger partial charge in [-0.3, -0.25) is 0 Å². The van der Waals surface area contributed by atoms with Gasteiger partial charge in [0.1, 0.15) is 16.8 Å². The smallest absolute Gasteiger partial charge is 0.119 e. The highest BCUT2D eigenvalue weighted by Crippen LogP contribution is 2.32. The molecule has 1 N–H and O–H groups in total. The quantitative estimate of drug-likeness (QED) is 0.737. The summed E-state index contributed by atoms with van der Waals surface area (Å²) in [6.07, 6.45) is 0. The molecule has 5 heteroatoms. The van der Waals surface area contributed by atoms with Crippen LogP contribution < -0.4 is 0 Å². The molecule has 108 valence electrons. The van der Waals surface area contributed by atoms with Gasteiger partial charge in [-0.1, -0.05) is 32.4 Å². The van der Waals surface area contributed by atoms with E-state index in [1.54, 1.807) is 29.1 Å². The van der Waals surface area contributed by atoms with Crippen molar-refractivity contribution in [1.82, 2.24) is 15.0 Å². The number of fused-ring (bicyclic) bond motifs is 1. The number of aromatic nitrogens is 3. The minimum absolute atomic E-state index is 0.157. The van der Waals surface area contributed by atoms with Gasteiger partial charge in [0.15, 0.2) is 0 Å². The SMILES string of the molecule is CC(C)(C)c1cc(-n2nc3ccc(Cl)cc3n2)ccc1O. The normalized spacial score (nSPS) is 12.0. The van der Waals surface area contributed by atoms with Crippen molar-refractivity contribution in [2.45, 2.75) is 26.2 Å². The second-order valence-corrected chi connectivity index (χ2v) is 6.51. The second kappa shape index (κ2) is 4.74. The first-order chi connectivity index (χ1) is 9.84. The average molecular weight is 302 g/mol. The van der Waals surface area contributed by atoms with Gasteiger partial charge in [0.2, 0.25) is 0 Å². The summed E-state index contributed by atoms with van der Waals surface area (Å²) in [5, 5.41) is 19.5. The largest absolute Gasteiger partial charge is 0.508 e. The second-order valence-electron chi connectivity index (χ2n) is 6.07. The Labute approximate surface area is 128 Å². The minimum Gasteiger partial charge on any atom is -0.508 e. The predicted octanol–water partition coefficient (Wildman–Crippen LogP) is 4.08. The van der Waals surface area contributed by atoms with Crippen molar-refractivity contribution in [3.63, 3.8) is 0 Å². The van der Waals surface area contributed by atoms with Crippen molar-refractivity contribution in [2.75, 3.05) is 0 Å². The van der Waals surface area contributed by atoms with Crippen LogP contribution in [0.2, 0.25) is 5.02 Å². The van der Waals surface area contributed by atoms with Crippen LogP contribution in [0.25, 0.3) is 16.7 Å². The highest BCUT2D eigenvalue weighted by Gasteiger charge is 2.19. The maximum absolute atomic E-state index is 10.0. The van der Waals surface area contributed by atoms with E-state index in [0.717, 1.165) is 22.3 Å². The number of phenolic OH excluding ortho intramolecular Hbond substituents is 1. The molecule has 0 saturated carbocycles. The summed E-state index contributed by atoms with van der Waals surface area (Å²) in [4.78, 5) is 1.57. The standard InChI is InChI=1S/C16H16ClN3O/c1-16(2,3)12-9-11(5-7-15(12)21)20-18-13-6-4-10(17)8-14(13)19-20/h4-9,21H,1-3H3. The van der Waals surface area contributed by atoms with Crippen molar-refractivity contribution in [1.29, 1.82) is 0 Å². The Bertz CT molecular complexity index is 818. The highest BCUT2D eigenvalue weighted by molar-refractivity contribution is 6.31. The van der Waals surface area contributed by atoms with E-state index in [1.807, 2.05) is 12.1 Å². The fraction of sp³-hybridized carbons (Fsp3) is 0.250. The van der Waals surface area contributed by atoms with Gasteiger partial charge in [-0.15, -0.1) is 10.2 Å². The van der Waals surface area contributed by atoms with Gasteiger partial charge in [0, 0.05) is 10.6 Å². The molecule has 21 heavy (non-hydrogen) atoms. The number of halogens is 1.